The van der Waals surface area contributed by atoms with Crippen LogP contribution in [0, 0.1) is 25.2 Å². The summed E-state index contributed by atoms with van der Waals surface area (Å²) in [5.41, 5.74) is 3.51. The van der Waals surface area contributed by atoms with Crippen molar-refractivity contribution in [1.82, 2.24) is 0 Å². The van der Waals surface area contributed by atoms with Crippen LogP contribution in [0.4, 0.5) is 5.69 Å². The lowest BCUT2D eigenvalue weighted by atomic mass is 10.1. The largest absolute Gasteiger partial charge is 0.494 e. The maximum atomic E-state index is 12.4. The van der Waals surface area contributed by atoms with Gasteiger partial charge in [0.1, 0.15) is 17.4 Å². The Bertz CT molecular complexity index is 832. The Labute approximate surface area is 148 Å². The Morgan fingerprint density at radius 1 is 1.24 bits per heavy atom. The molecule has 0 unspecified atom stereocenters. The van der Waals surface area contributed by atoms with E-state index in [1.54, 1.807) is 6.08 Å². The van der Waals surface area contributed by atoms with Crippen molar-refractivity contribution in [3.8, 4) is 11.8 Å². The number of amides is 1. The van der Waals surface area contributed by atoms with E-state index in [1.165, 1.54) is 0 Å². The van der Waals surface area contributed by atoms with Crippen LogP contribution in [0.3, 0.4) is 0 Å². The first-order chi connectivity index (χ1) is 12.0. The van der Waals surface area contributed by atoms with E-state index in [9.17, 15) is 10.1 Å². The Morgan fingerprint density at radius 2 is 2.04 bits per heavy atom. The van der Waals surface area contributed by atoms with Crippen LogP contribution in [-0.4, -0.2) is 12.5 Å². The van der Waals surface area contributed by atoms with E-state index in [0.29, 0.717) is 12.3 Å². The van der Waals surface area contributed by atoms with E-state index < -0.39 is 5.91 Å². The molecule has 0 aliphatic carbocycles. The predicted octanol–water partition coefficient (Wildman–Crippen LogP) is 4.64. The number of hydrogen-bond donors (Lipinski definition) is 1. The standard InChI is InChI=1S/C21H22N2O2/c1-4-10-25-19-7-5-6-17(13-19)12-18(14-22)21(24)23-20-11-15(2)8-9-16(20)3/h5-9,11-13H,4,10H2,1-3H3,(H,23,24)/b18-12-. The number of benzene rings is 2. The van der Waals surface area contributed by atoms with E-state index in [0.717, 1.165) is 28.9 Å². The molecule has 0 aliphatic heterocycles. The summed E-state index contributed by atoms with van der Waals surface area (Å²) in [4.78, 5) is 12.4. The molecule has 1 amide bonds. The van der Waals surface area contributed by atoms with Crippen molar-refractivity contribution in [3.05, 3.63) is 64.7 Å². The summed E-state index contributed by atoms with van der Waals surface area (Å²) in [6, 6.07) is 15.1. The van der Waals surface area contributed by atoms with Gasteiger partial charge >= 0.3 is 0 Å². The van der Waals surface area contributed by atoms with Crippen LogP contribution >= 0.6 is 0 Å². The predicted molar refractivity (Wildman–Crippen MR) is 100 cm³/mol. The zero-order valence-electron chi connectivity index (χ0n) is 14.8. The zero-order valence-corrected chi connectivity index (χ0v) is 14.8. The van der Waals surface area contributed by atoms with Gasteiger partial charge in [0.05, 0.1) is 6.61 Å². The molecule has 0 saturated heterocycles. The topological polar surface area (TPSA) is 62.1 Å². The first kappa shape index (κ1) is 18.3. The lowest BCUT2D eigenvalue weighted by Gasteiger charge is -2.09. The molecule has 4 nitrogen and oxygen atoms in total. The van der Waals surface area contributed by atoms with Gasteiger partial charge in [-0.3, -0.25) is 4.79 Å². The minimum Gasteiger partial charge on any atom is -0.494 e. The first-order valence-electron chi connectivity index (χ1n) is 8.26. The van der Waals surface area contributed by atoms with Gasteiger partial charge in [-0.25, -0.2) is 0 Å². The van der Waals surface area contributed by atoms with Gasteiger partial charge in [-0.2, -0.15) is 5.26 Å². The summed E-state index contributed by atoms with van der Waals surface area (Å²) >= 11 is 0. The highest BCUT2D eigenvalue weighted by molar-refractivity contribution is 6.10. The van der Waals surface area contributed by atoms with Crippen LogP contribution in [0.25, 0.3) is 6.08 Å². The molecule has 25 heavy (non-hydrogen) atoms. The van der Waals surface area contributed by atoms with Crippen LogP contribution < -0.4 is 10.1 Å². The molecular weight excluding hydrogens is 312 g/mol. The number of rotatable bonds is 6. The molecule has 0 radical (unpaired) electrons. The molecule has 0 bridgehead atoms. The van der Waals surface area contributed by atoms with Gasteiger partial charge < -0.3 is 10.1 Å². The molecule has 2 aromatic carbocycles. The van der Waals surface area contributed by atoms with E-state index in [-0.39, 0.29) is 5.57 Å². The number of ether oxygens (including phenoxy) is 1. The molecule has 4 heteroatoms. The average Bonchev–Trinajstić information content (AvgIpc) is 2.61. The summed E-state index contributed by atoms with van der Waals surface area (Å²) < 4.78 is 5.58. The lowest BCUT2D eigenvalue weighted by Crippen LogP contribution is -2.14. The third kappa shape index (κ3) is 5.22. The van der Waals surface area contributed by atoms with E-state index >= 15 is 0 Å². The molecule has 1 N–H and O–H groups in total. The molecule has 0 atom stereocenters. The maximum Gasteiger partial charge on any atom is 0.266 e. The summed E-state index contributed by atoms with van der Waals surface area (Å²) in [5.74, 6) is 0.305. The van der Waals surface area contributed by atoms with Gasteiger partial charge in [-0.1, -0.05) is 31.2 Å². The highest BCUT2D eigenvalue weighted by Crippen LogP contribution is 2.19. The molecule has 0 saturated carbocycles. The number of hydrogen-bond acceptors (Lipinski definition) is 3. The Morgan fingerprint density at radius 3 is 2.76 bits per heavy atom. The fraction of sp³-hybridized carbons (Fsp3) is 0.238. The van der Waals surface area contributed by atoms with Gasteiger partial charge in [-0.15, -0.1) is 0 Å². The number of carbonyl (C=O) groups excluding carboxylic acids is 1. The van der Waals surface area contributed by atoms with Crippen LogP contribution in [0.5, 0.6) is 5.75 Å². The summed E-state index contributed by atoms with van der Waals surface area (Å²) in [6.45, 7) is 6.54. The second-order valence-corrected chi connectivity index (χ2v) is 5.86. The number of nitriles is 1. The minimum absolute atomic E-state index is 0.0496. The second-order valence-electron chi connectivity index (χ2n) is 5.86. The molecule has 0 heterocycles. The van der Waals surface area contributed by atoms with Gasteiger partial charge in [0, 0.05) is 5.69 Å². The quantitative estimate of drug-likeness (QED) is 0.618. The van der Waals surface area contributed by atoms with Crippen molar-refractivity contribution in [2.24, 2.45) is 0 Å². The molecule has 2 aromatic rings. The summed E-state index contributed by atoms with van der Waals surface area (Å²) in [5, 5.41) is 12.2. The van der Waals surface area contributed by atoms with Gasteiger partial charge in [0.15, 0.2) is 0 Å². The number of nitrogens with zero attached hydrogens (tertiary/aromatic N) is 1. The molecule has 0 fully saturated rings. The van der Waals surface area contributed by atoms with Crippen LogP contribution in [0.2, 0.25) is 0 Å². The molecular formula is C21H22N2O2. The second kappa shape index (κ2) is 8.70. The molecule has 0 spiro atoms. The van der Waals surface area contributed by atoms with Crippen LogP contribution in [0.15, 0.2) is 48.0 Å². The minimum atomic E-state index is -0.420. The monoisotopic (exact) mass is 334 g/mol. The normalized spacial score (nSPS) is 10.9. The molecule has 2 rings (SSSR count). The van der Waals surface area contributed by atoms with Crippen LogP contribution in [-0.2, 0) is 4.79 Å². The lowest BCUT2D eigenvalue weighted by molar-refractivity contribution is -0.112. The van der Waals surface area contributed by atoms with E-state index in [2.05, 4.69) is 5.32 Å². The van der Waals surface area contributed by atoms with E-state index in [4.69, 9.17) is 4.74 Å². The van der Waals surface area contributed by atoms with Gasteiger partial charge in [0.2, 0.25) is 0 Å². The van der Waals surface area contributed by atoms with Crippen molar-refractivity contribution in [3.63, 3.8) is 0 Å². The third-order valence-corrected chi connectivity index (χ3v) is 3.65. The molecule has 0 aliphatic rings. The van der Waals surface area contributed by atoms with Crippen molar-refractivity contribution in [2.45, 2.75) is 27.2 Å². The summed E-state index contributed by atoms with van der Waals surface area (Å²) in [6.07, 6.45) is 2.49. The third-order valence-electron chi connectivity index (χ3n) is 3.65. The SMILES string of the molecule is CCCOc1cccc(/C=C(/C#N)C(=O)Nc2cc(C)ccc2C)c1. The molecule has 0 aromatic heterocycles. The van der Waals surface area contributed by atoms with Crippen LogP contribution in [0.1, 0.15) is 30.0 Å². The molecule has 128 valence electrons. The van der Waals surface area contributed by atoms with Gasteiger partial charge in [-0.05, 0) is 61.2 Å². The van der Waals surface area contributed by atoms with Gasteiger partial charge in [0.25, 0.3) is 5.91 Å². The Balaban J connectivity index is 2.21. The van der Waals surface area contributed by atoms with Crippen molar-refractivity contribution in [2.75, 3.05) is 11.9 Å². The van der Waals surface area contributed by atoms with Crippen molar-refractivity contribution >= 4 is 17.7 Å². The first-order valence-corrected chi connectivity index (χ1v) is 8.26. The smallest absolute Gasteiger partial charge is 0.266 e. The number of carbonyl (C=O) groups is 1. The zero-order chi connectivity index (χ0) is 18.2. The fourth-order valence-electron chi connectivity index (χ4n) is 2.29. The Kier molecular flexibility index (Phi) is 6.36. The fourth-order valence-corrected chi connectivity index (χ4v) is 2.29. The maximum absolute atomic E-state index is 12.4. The Hall–Kier alpha value is -3.06. The van der Waals surface area contributed by atoms with Crippen molar-refractivity contribution in [1.29, 1.82) is 5.26 Å². The van der Waals surface area contributed by atoms with E-state index in [1.807, 2.05) is 69.3 Å². The summed E-state index contributed by atoms with van der Waals surface area (Å²) in [7, 11) is 0. The van der Waals surface area contributed by atoms with Crippen molar-refractivity contribution < 1.29 is 9.53 Å². The number of nitrogens with one attached hydrogen (secondary N) is 1. The average molecular weight is 334 g/mol. The number of aryl methyl sites for hydroxylation is 2. The number of anilines is 1. The highest BCUT2D eigenvalue weighted by Gasteiger charge is 2.11. The highest BCUT2D eigenvalue weighted by atomic mass is 16.5.